The fourth-order valence-corrected chi connectivity index (χ4v) is 6.62. The summed E-state index contributed by atoms with van der Waals surface area (Å²) >= 11 is 5.78. The fraction of sp³-hybridized carbons (Fsp3) is 0.364. The van der Waals surface area contributed by atoms with Gasteiger partial charge in [0.2, 0.25) is 11.2 Å². The minimum Gasteiger partial charge on any atom is -0.459 e. The van der Waals surface area contributed by atoms with Crippen LogP contribution in [0.25, 0.3) is 44.0 Å². The van der Waals surface area contributed by atoms with Crippen molar-refractivity contribution >= 4 is 96.8 Å². The molecule has 6 aromatic heterocycles. The molecule has 0 bridgehead atoms. The molecule has 2 saturated carbocycles. The van der Waals surface area contributed by atoms with Gasteiger partial charge in [0.05, 0.1) is 34.9 Å². The molecule has 0 saturated heterocycles. The third kappa shape index (κ3) is 10.2. The van der Waals surface area contributed by atoms with E-state index in [-0.39, 0.29) is 5.28 Å². The van der Waals surface area contributed by atoms with Crippen LogP contribution in [-0.4, -0.2) is 75.0 Å². The molecule has 0 amide bonds. The van der Waals surface area contributed by atoms with Crippen molar-refractivity contribution in [3.63, 3.8) is 0 Å². The summed E-state index contributed by atoms with van der Waals surface area (Å²) in [5, 5.41) is 20.5. The Kier molecular flexibility index (Phi) is 11.3. The molecule has 2 aliphatic rings. The number of hydrogen-bond acceptors (Lipinski definition) is 16. The molecular weight excluding hydrogens is 828 g/mol. The lowest BCUT2D eigenvalue weighted by Gasteiger charge is -2.19. The zero-order valence-corrected chi connectivity index (χ0v) is 37.0. The van der Waals surface area contributed by atoms with Crippen LogP contribution in [0.4, 0.5) is 38.5 Å². The van der Waals surface area contributed by atoms with Crippen LogP contribution in [0.1, 0.15) is 78.6 Å². The number of fused-ring (bicyclic) bond motifs is 4. The molecule has 2 fully saturated rings. The van der Waals surface area contributed by atoms with E-state index in [0.29, 0.717) is 57.6 Å². The van der Waals surface area contributed by atoms with E-state index < -0.39 is 23.4 Å². The maximum Gasteiger partial charge on any atom is 0.435 e. The van der Waals surface area contributed by atoms with Crippen LogP contribution in [0.5, 0.6) is 0 Å². The molecule has 0 atom stereocenters. The second kappa shape index (κ2) is 16.7. The van der Waals surface area contributed by atoms with Crippen LogP contribution in [0.3, 0.4) is 0 Å². The van der Waals surface area contributed by atoms with E-state index in [1.165, 1.54) is 22.2 Å². The van der Waals surface area contributed by atoms with E-state index >= 15 is 0 Å². The molecule has 328 valence electrons. The number of furan rings is 2. The summed E-state index contributed by atoms with van der Waals surface area (Å²) < 4.78 is 24.2. The minimum atomic E-state index is -0.613. The van der Waals surface area contributed by atoms with Crippen LogP contribution in [0.2, 0.25) is 5.28 Å². The summed E-state index contributed by atoms with van der Waals surface area (Å²) in [5.74, 6) is 1.82. The number of carbonyl (C=O) groups is 2. The number of aromatic nitrogens is 8. The molecule has 5 N–H and O–H groups in total. The molecule has 6 heterocycles. The summed E-state index contributed by atoms with van der Waals surface area (Å²) in [6, 6.07) is 15.6. The lowest BCUT2D eigenvalue weighted by atomic mass is 10.2. The Morgan fingerprint density at radius 3 is 1.71 bits per heavy atom. The smallest absolute Gasteiger partial charge is 0.435 e. The van der Waals surface area contributed by atoms with Crippen LogP contribution in [0, 0.1) is 13.8 Å². The number of nitrogens with one attached hydrogen (secondary N) is 3. The van der Waals surface area contributed by atoms with Crippen LogP contribution in [0.15, 0.2) is 69.9 Å². The zero-order chi connectivity index (χ0) is 44.8. The highest BCUT2D eigenvalue weighted by Gasteiger charge is 2.26. The summed E-state index contributed by atoms with van der Waals surface area (Å²) in [6.07, 6.45) is 6.80. The van der Waals surface area contributed by atoms with E-state index in [9.17, 15) is 9.59 Å². The first-order valence-electron chi connectivity index (χ1n) is 20.5. The van der Waals surface area contributed by atoms with E-state index in [2.05, 4.69) is 46.1 Å². The van der Waals surface area contributed by atoms with Crippen molar-refractivity contribution in [2.45, 2.75) is 104 Å². The van der Waals surface area contributed by atoms with Gasteiger partial charge in [-0.15, -0.1) is 0 Å². The number of nitrogens with two attached hydrogens (primary N) is 1. The van der Waals surface area contributed by atoms with Gasteiger partial charge < -0.3 is 40.0 Å². The lowest BCUT2D eigenvalue weighted by molar-refractivity contribution is 0.0511. The van der Waals surface area contributed by atoms with Crippen LogP contribution in [-0.2, 0) is 9.47 Å². The predicted octanol–water partition coefficient (Wildman–Crippen LogP) is 10.1. The van der Waals surface area contributed by atoms with Gasteiger partial charge in [-0.05, 0) is 129 Å². The summed E-state index contributed by atoms with van der Waals surface area (Å²) in [5.41, 5.74) is 11.5. The Hall–Kier alpha value is -6.95. The molecule has 10 rings (SSSR count). The second-order valence-corrected chi connectivity index (χ2v) is 17.8. The van der Waals surface area contributed by atoms with Crippen molar-refractivity contribution in [1.29, 1.82) is 0 Å². The number of nitrogen functional groups attached to an aromatic ring is 1. The number of ether oxygens (including phenoxy) is 2. The van der Waals surface area contributed by atoms with Gasteiger partial charge in [-0.1, -0.05) is 0 Å². The van der Waals surface area contributed by atoms with Crippen molar-refractivity contribution in [3.8, 4) is 0 Å². The normalized spacial score (nSPS) is 13.9. The molecule has 2 aromatic carbocycles. The highest BCUT2D eigenvalue weighted by atomic mass is 35.5. The SMILES string of the molecule is Cc1nn(C(=O)OC(C)(C)C)c2cc(N)ccc12.Cc1nn(C(=O)OC(C)(C)C)c2cc(Nc3nc(NC4CC4)c4occc4n3)ccc12.Clc1nc(NC2CC2)c2occc2n1. The first-order chi connectivity index (χ1) is 29.9. The van der Waals surface area contributed by atoms with Gasteiger partial charge in [0.25, 0.3) is 0 Å². The number of halogens is 1. The standard InChI is InChI=1S/C22H24N6O3.C13H17N3O2.C9H8ClN3O/c1-12-15-8-7-14(11-17(15)28(27-12)21(29)31-22(2,3)4)24-20-25-16-9-10-30-18(16)19(26-20)23-13-5-6-13;1-8-10-6-5-9(14)7-11(10)16(15-8)12(17)18-13(2,3)4;10-9-12-6-3-4-14-7(6)8(13-9)11-5-1-2-5/h7-11,13H,5-6H2,1-4H3,(H2,23,24,25,26);5-7H,14H2,1-4H3;3-5H,1-2H2,(H,11,12,13). The largest absolute Gasteiger partial charge is 0.459 e. The van der Waals surface area contributed by atoms with Gasteiger partial charge in [0.1, 0.15) is 22.2 Å². The van der Waals surface area contributed by atoms with Gasteiger partial charge in [-0.2, -0.15) is 29.5 Å². The lowest BCUT2D eigenvalue weighted by Crippen LogP contribution is -2.27. The summed E-state index contributed by atoms with van der Waals surface area (Å²) in [7, 11) is 0. The molecule has 63 heavy (non-hydrogen) atoms. The van der Waals surface area contributed by atoms with Gasteiger partial charge in [-0.25, -0.2) is 19.6 Å². The van der Waals surface area contributed by atoms with Crippen molar-refractivity contribution in [2.75, 3.05) is 21.7 Å². The van der Waals surface area contributed by atoms with Crippen LogP contribution < -0.4 is 21.7 Å². The topological polar surface area (TPSA) is 228 Å². The Balaban J connectivity index is 0.000000143. The third-order valence-electron chi connectivity index (χ3n) is 9.56. The monoisotopic (exact) mass is 876 g/mol. The molecule has 0 aliphatic heterocycles. The Morgan fingerprint density at radius 1 is 0.698 bits per heavy atom. The van der Waals surface area contributed by atoms with E-state index in [1.807, 2.05) is 85.7 Å². The number of rotatable bonds is 6. The minimum absolute atomic E-state index is 0.252. The van der Waals surface area contributed by atoms with Crippen molar-refractivity contribution < 1.29 is 27.9 Å². The highest BCUT2D eigenvalue weighted by molar-refractivity contribution is 6.28. The van der Waals surface area contributed by atoms with E-state index in [0.717, 1.165) is 51.7 Å². The molecule has 18 nitrogen and oxygen atoms in total. The Labute approximate surface area is 366 Å². The molecule has 0 radical (unpaired) electrons. The molecular formula is C44H49ClN12O6. The van der Waals surface area contributed by atoms with Gasteiger partial charge >= 0.3 is 12.2 Å². The number of nitrogens with zero attached hydrogens (tertiary/aromatic N) is 8. The molecule has 0 unspecified atom stereocenters. The van der Waals surface area contributed by atoms with Gasteiger partial charge in [0.15, 0.2) is 22.8 Å². The third-order valence-corrected chi connectivity index (χ3v) is 9.73. The van der Waals surface area contributed by atoms with Crippen LogP contribution >= 0.6 is 11.6 Å². The first-order valence-corrected chi connectivity index (χ1v) is 20.9. The van der Waals surface area contributed by atoms with Gasteiger partial charge in [-0.3, -0.25) is 0 Å². The predicted molar refractivity (Wildman–Crippen MR) is 242 cm³/mol. The Bertz CT molecular complexity index is 2990. The average Bonchev–Trinajstić information content (AvgIpc) is 4.00. The second-order valence-electron chi connectivity index (χ2n) is 17.4. The average molecular weight is 877 g/mol. The molecule has 0 spiro atoms. The number of hydrogen-bond donors (Lipinski definition) is 4. The maximum absolute atomic E-state index is 12.6. The molecule has 2 aliphatic carbocycles. The van der Waals surface area contributed by atoms with Crippen molar-refractivity contribution in [2.24, 2.45) is 0 Å². The number of benzene rings is 2. The van der Waals surface area contributed by atoms with E-state index in [1.54, 1.807) is 30.7 Å². The summed E-state index contributed by atoms with van der Waals surface area (Å²) in [6.45, 7) is 14.6. The number of anilines is 5. The first kappa shape index (κ1) is 42.7. The maximum atomic E-state index is 12.6. The summed E-state index contributed by atoms with van der Waals surface area (Å²) in [4.78, 5) is 42.0. The van der Waals surface area contributed by atoms with Crippen molar-refractivity contribution in [1.82, 2.24) is 39.5 Å². The molecule has 19 heteroatoms. The van der Waals surface area contributed by atoms with Crippen molar-refractivity contribution in [3.05, 3.63) is 77.7 Å². The fourth-order valence-electron chi connectivity index (χ4n) is 6.45. The molecule has 8 aromatic rings. The Morgan fingerprint density at radius 2 is 1.19 bits per heavy atom. The van der Waals surface area contributed by atoms with Gasteiger partial charge in [0, 0.05) is 46.4 Å². The quantitative estimate of drug-likeness (QED) is 0.0899. The zero-order valence-electron chi connectivity index (χ0n) is 36.2. The van der Waals surface area contributed by atoms with E-state index in [4.69, 9.17) is 35.6 Å². The number of aryl methyl sites for hydroxylation is 2. The highest BCUT2D eigenvalue weighted by Crippen LogP contribution is 2.32. The number of carbonyl (C=O) groups excluding carboxylic acids is 2.